The minimum Gasteiger partial charge on any atom is -0.479 e. The third kappa shape index (κ3) is 4.08. The lowest BCUT2D eigenvalue weighted by molar-refractivity contribution is -0.151. The van der Waals surface area contributed by atoms with Gasteiger partial charge >= 0.3 is 12.1 Å². The predicted molar refractivity (Wildman–Crippen MR) is 91.5 cm³/mol. The van der Waals surface area contributed by atoms with Crippen molar-refractivity contribution in [3.05, 3.63) is 35.9 Å². The highest BCUT2D eigenvalue weighted by molar-refractivity contribution is 5.85. The maximum Gasteiger partial charge on any atom is 0.408 e. The molecule has 1 saturated carbocycles. The van der Waals surface area contributed by atoms with Crippen molar-refractivity contribution in [2.75, 3.05) is 0 Å². The highest BCUT2D eigenvalue weighted by atomic mass is 16.5. The molecule has 0 spiro atoms. The quantitative estimate of drug-likeness (QED) is 0.858. The summed E-state index contributed by atoms with van der Waals surface area (Å²) in [6.07, 6.45) is 1.55. The first kappa shape index (κ1) is 18.3. The number of hydrogen-bond donors (Lipinski definition) is 2. The Morgan fingerprint density at radius 3 is 2.54 bits per heavy atom. The van der Waals surface area contributed by atoms with E-state index in [9.17, 15) is 14.7 Å². The lowest BCUT2D eigenvalue weighted by atomic mass is 9.65. The lowest BCUT2D eigenvalue weighted by Gasteiger charge is -2.45. The number of rotatable bonds is 5. The Balaban J connectivity index is 2.10. The van der Waals surface area contributed by atoms with E-state index >= 15 is 0 Å². The van der Waals surface area contributed by atoms with E-state index < -0.39 is 17.6 Å². The third-order valence-electron chi connectivity index (χ3n) is 5.00. The number of alkyl carbamates (subject to hydrolysis) is 1. The molecule has 0 radical (unpaired) electrons. The van der Waals surface area contributed by atoms with Crippen LogP contribution in [-0.2, 0) is 16.1 Å². The molecule has 5 nitrogen and oxygen atoms in total. The molecule has 2 rings (SSSR count). The van der Waals surface area contributed by atoms with E-state index in [-0.39, 0.29) is 24.4 Å². The molecule has 0 bridgehead atoms. The van der Waals surface area contributed by atoms with Gasteiger partial charge in [-0.3, -0.25) is 0 Å². The molecule has 132 valence electrons. The maximum absolute atomic E-state index is 12.3. The molecular formula is C19H27NO4. The summed E-state index contributed by atoms with van der Waals surface area (Å²) >= 11 is 0. The van der Waals surface area contributed by atoms with Crippen LogP contribution in [0.4, 0.5) is 4.79 Å². The molecule has 1 aromatic rings. The molecule has 0 aliphatic heterocycles. The Morgan fingerprint density at radius 2 is 1.96 bits per heavy atom. The van der Waals surface area contributed by atoms with E-state index in [1.54, 1.807) is 0 Å². The van der Waals surface area contributed by atoms with Crippen molar-refractivity contribution in [3.63, 3.8) is 0 Å². The van der Waals surface area contributed by atoms with Gasteiger partial charge in [-0.05, 0) is 36.2 Å². The van der Waals surface area contributed by atoms with Gasteiger partial charge in [0.25, 0.3) is 0 Å². The second-order valence-electron chi connectivity index (χ2n) is 7.20. The Labute approximate surface area is 143 Å². The first-order chi connectivity index (χ1) is 11.3. The van der Waals surface area contributed by atoms with Crippen LogP contribution in [0.15, 0.2) is 30.3 Å². The third-order valence-corrected chi connectivity index (χ3v) is 5.00. The largest absolute Gasteiger partial charge is 0.479 e. The van der Waals surface area contributed by atoms with Crippen molar-refractivity contribution >= 4 is 12.1 Å². The first-order valence-electron chi connectivity index (χ1n) is 8.57. The van der Waals surface area contributed by atoms with Gasteiger partial charge in [-0.1, -0.05) is 57.5 Å². The molecule has 0 saturated heterocycles. The summed E-state index contributed by atoms with van der Waals surface area (Å²) in [5.41, 5.74) is -0.381. The van der Waals surface area contributed by atoms with Gasteiger partial charge in [0.15, 0.2) is 0 Å². The molecule has 0 aromatic heterocycles. The van der Waals surface area contributed by atoms with E-state index in [0.717, 1.165) is 18.4 Å². The van der Waals surface area contributed by atoms with Gasteiger partial charge in [-0.15, -0.1) is 0 Å². The zero-order valence-electron chi connectivity index (χ0n) is 14.6. The number of benzene rings is 1. The fourth-order valence-electron chi connectivity index (χ4n) is 3.80. The van der Waals surface area contributed by atoms with Crippen LogP contribution in [0.5, 0.6) is 0 Å². The van der Waals surface area contributed by atoms with Crippen LogP contribution < -0.4 is 5.32 Å². The lowest BCUT2D eigenvalue weighted by Crippen LogP contribution is -2.63. The highest BCUT2D eigenvalue weighted by Crippen LogP contribution is 2.41. The molecule has 1 aromatic carbocycles. The van der Waals surface area contributed by atoms with Gasteiger partial charge in [0.1, 0.15) is 12.1 Å². The average Bonchev–Trinajstić information content (AvgIpc) is 2.53. The average molecular weight is 333 g/mol. The molecular weight excluding hydrogens is 306 g/mol. The smallest absolute Gasteiger partial charge is 0.408 e. The van der Waals surface area contributed by atoms with Crippen molar-refractivity contribution in [1.29, 1.82) is 0 Å². The molecule has 5 heteroatoms. The molecule has 0 unspecified atom stereocenters. The van der Waals surface area contributed by atoms with Gasteiger partial charge in [-0.25, -0.2) is 9.59 Å². The zero-order chi connectivity index (χ0) is 17.7. The van der Waals surface area contributed by atoms with E-state index in [0.29, 0.717) is 6.42 Å². The van der Waals surface area contributed by atoms with E-state index in [4.69, 9.17) is 4.74 Å². The molecule has 0 heterocycles. The van der Waals surface area contributed by atoms with Crippen molar-refractivity contribution in [1.82, 2.24) is 5.32 Å². The van der Waals surface area contributed by atoms with Crippen LogP contribution in [0.3, 0.4) is 0 Å². The summed E-state index contributed by atoms with van der Waals surface area (Å²) in [5, 5.41) is 12.6. The monoisotopic (exact) mass is 333 g/mol. The molecule has 1 aliphatic carbocycles. The fraction of sp³-hybridized carbons (Fsp3) is 0.579. The number of carbonyl (C=O) groups excluding carboxylic acids is 1. The van der Waals surface area contributed by atoms with Crippen LogP contribution in [0.2, 0.25) is 0 Å². The van der Waals surface area contributed by atoms with E-state index in [2.05, 4.69) is 5.32 Å². The number of carboxylic acid groups (broad SMARTS) is 1. The second kappa shape index (κ2) is 7.69. The number of aliphatic carboxylic acids is 1. The van der Waals surface area contributed by atoms with Crippen molar-refractivity contribution < 1.29 is 19.4 Å². The Kier molecular flexibility index (Phi) is 5.86. The highest BCUT2D eigenvalue weighted by Gasteiger charge is 2.51. The van der Waals surface area contributed by atoms with E-state index in [1.165, 1.54) is 0 Å². The molecule has 1 aliphatic rings. The normalized spacial score (nSPS) is 26.8. The zero-order valence-corrected chi connectivity index (χ0v) is 14.6. The standard InChI is InChI=1S/C19H27NO4/c1-13(2)16-10-9-14(3)11-19(16,17(21)22)20-18(23)24-12-15-7-5-4-6-8-15/h4-8,13-14,16H,9-12H2,1-3H3,(H,20,23)(H,21,22)/t14-,16+,19-/m1/s1. The Hall–Kier alpha value is -2.04. The van der Waals surface area contributed by atoms with Crippen LogP contribution in [-0.4, -0.2) is 22.7 Å². The van der Waals surface area contributed by atoms with Crippen LogP contribution >= 0.6 is 0 Å². The number of carboxylic acids is 1. The van der Waals surface area contributed by atoms with Gasteiger partial charge < -0.3 is 15.2 Å². The fourth-order valence-corrected chi connectivity index (χ4v) is 3.80. The van der Waals surface area contributed by atoms with E-state index in [1.807, 2.05) is 51.1 Å². The molecule has 1 amide bonds. The maximum atomic E-state index is 12.3. The minimum atomic E-state index is -1.25. The molecule has 24 heavy (non-hydrogen) atoms. The molecule has 1 fully saturated rings. The number of nitrogens with one attached hydrogen (secondary N) is 1. The Morgan fingerprint density at radius 1 is 1.29 bits per heavy atom. The summed E-state index contributed by atoms with van der Waals surface area (Å²) in [7, 11) is 0. The van der Waals surface area contributed by atoms with Crippen molar-refractivity contribution in [2.24, 2.45) is 17.8 Å². The molecule has 2 N–H and O–H groups in total. The van der Waals surface area contributed by atoms with Gasteiger partial charge in [0.05, 0.1) is 0 Å². The summed E-state index contributed by atoms with van der Waals surface area (Å²) < 4.78 is 5.26. The molecule has 3 atom stereocenters. The van der Waals surface area contributed by atoms with Gasteiger partial charge in [0, 0.05) is 0 Å². The van der Waals surface area contributed by atoms with Crippen LogP contribution in [0.25, 0.3) is 0 Å². The second-order valence-corrected chi connectivity index (χ2v) is 7.20. The van der Waals surface area contributed by atoms with Crippen molar-refractivity contribution in [2.45, 2.75) is 52.2 Å². The topological polar surface area (TPSA) is 75.6 Å². The first-order valence-corrected chi connectivity index (χ1v) is 8.57. The number of ether oxygens (including phenoxy) is 1. The number of carbonyl (C=O) groups is 2. The van der Waals surface area contributed by atoms with Gasteiger partial charge in [-0.2, -0.15) is 0 Å². The number of hydrogen-bond acceptors (Lipinski definition) is 3. The summed E-state index contributed by atoms with van der Waals surface area (Å²) in [5.74, 6) is -0.645. The number of amides is 1. The van der Waals surface area contributed by atoms with Crippen LogP contribution in [0.1, 0.15) is 45.6 Å². The van der Waals surface area contributed by atoms with Crippen molar-refractivity contribution in [3.8, 4) is 0 Å². The minimum absolute atomic E-state index is 0.101. The summed E-state index contributed by atoms with van der Waals surface area (Å²) in [4.78, 5) is 24.3. The summed E-state index contributed by atoms with van der Waals surface area (Å²) in [6.45, 7) is 6.18. The predicted octanol–water partition coefficient (Wildman–Crippen LogP) is 3.83. The van der Waals surface area contributed by atoms with Crippen LogP contribution in [0, 0.1) is 17.8 Å². The van der Waals surface area contributed by atoms with Gasteiger partial charge in [0.2, 0.25) is 0 Å². The Bertz CT molecular complexity index is 572. The summed E-state index contributed by atoms with van der Waals surface area (Å²) in [6, 6.07) is 9.35. The SMILES string of the molecule is CC(C)[C@@H]1CC[C@@H](C)C[C@]1(NC(=O)OCc1ccccc1)C(=O)O.